The Morgan fingerprint density at radius 1 is 1.04 bits per heavy atom. The Bertz CT molecular complexity index is 890. The minimum Gasteiger partial charge on any atom is -0.496 e. The van der Waals surface area contributed by atoms with Crippen molar-refractivity contribution in [1.82, 2.24) is 0 Å². The second-order valence-electron chi connectivity index (χ2n) is 5.34. The Morgan fingerprint density at radius 3 is 2.39 bits per heavy atom. The van der Waals surface area contributed by atoms with Gasteiger partial charge in [0.25, 0.3) is 5.91 Å². The van der Waals surface area contributed by atoms with Crippen LogP contribution in [0.15, 0.2) is 59.1 Å². The molecule has 0 heterocycles. The highest BCUT2D eigenvalue weighted by Crippen LogP contribution is 2.28. The molecule has 0 aliphatic rings. The number of aryl methyl sites for hydroxylation is 1. The number of methoxy groups -OCH3 is 1. The number of hydrogen-bond acceptors (Lipinski definition) is 2. The number of amides is 1. The zero-order valence-electron chi connectivity index (χ0n) is 12.9. The Balaban J connectivity index is 1.99. The number of carbonyl (C=O) groups is 1. The van der Waals surface area contributed by atoms with Crippen molar-refractivity contribution in [3.8, 4) is 5.75 Å². The molecule has 0 bridgehead atoms. The fourth-order valence-electron chi connectivity index (χ4n) is 2.48. The van der Waals surface area contributed by atoms with Crippen LogP contribution in [0, 0.1) is 6.92 Å². The summed E-state index contributed by atoms with van der Waals surface area (Å²) in [5.74, 6) is 0.363. The zero-order valence-corrected chi connectivity index (χ0v) is 14.5. The summed E-state index contributed by atoms with van der Waals surface area (Å²) in [7, 11) is 1.57. The van der Waals surface area contributed by atoms with Crippen molar-refractivity contribution in [3.05, 3.63) is 70.2 Å². The Hall–Kier alpha value is -2.33. The third kappa shape index (κ3) is 3.22. The number of halogens is 1. The molecule has 0 saturated heterocycles. The standard InChI is InChI=1S/C19H16BrNO2/c1-12-7-8-17(16(20)9-12)21-19(22)15-10-13-5-3-4-6-14(13)11-18(15)23-2/h3-11H,1-2H3,(H,21,22). The van der Waals surface area contributed by atoms with E-state index in [1.807, 2.05) is 61.5 Å². The van der Waals surface area contributed by atoms with Crippen molar-refractivity contribution in [1.29, 1.82) is 0 Å². The van der Waals surface area contributed by atoms with E-state index in [4.69, 9.17) is 4.74 Å². The lowest BCUT2D eigenvalue weighted by molar-refractivity contribution is 0.102. The average molecular weight is 370 g/mol. The topological polar surface area (TPSA) is 38.3 Å². The molecule has 3 aromatic rings. The van der Waals surface area contributed by atoms with Crippen LogP contribution >= 0.6 is 15.9 Å². The first kappa shape index (κ1) is 15.6. The summed E-state index contributed by atoms with van der Waals surface area (Å²) in [5, 5.41) is 4.97. The van der Waals surface area contributed by atoms with Crippen LogP contribution in [0.5, 0.6) is 5.75 Å². The van der Waals surface area contributed by atoms with Crippen LogP contribution in [0.25, 0.3) is 10.8 Å². The largest absolute Gasteiger partial charge is 0.496 e. The summed E-state index contributed by atoms with van der Waals surface area (Å²) in [6.45, 7) is 2.00. The van der Waals surface area contributed by atoms with Crippen LogP contribution in [-0.4, -0.2) is 13.0 Å². The van der Waals surface area contributed by atoms with Gasteiger partial charge >= 0.3 is 0 Å². The fourth-order valence-corrected chi connectivity index (χ4v) is 3.07. The molecule has 1 N–H and O–H groups in total. The van der Waals surface area contributed by atoms with E-state index in [0.29, 0.717) is 11.3 Å². The number of rotatable bonds is 3. The van der Waals surface area contributed by atoms with E-state index in [9.17, 15) is 4.79 Å². The van der Waals surface area contributed by atoms with Gasteiger partial charge in [-0.2, -0.15) is 0 Å². The summed E-state index contributed by atoms with van der Waals surface area (Å²) in [5.41, 5.74) is 2.37. The molecule has 3 nitrogen and oxygen atoms in total. The van der Waals surface area contributed by atoms with E-state index in [1.54, 1.807) is 7.11 Å². The van der Waals surface area contributed by atoms with Gasteiger partial charge in [-0.1, -0.05) is 30.3 Å². The fraction of sp³-hybridized carbons (Fsp3) is 0.105. The van der Waals surface area contributed by atoms with E-state index in [-0.39, 0.29) is 5.91 Å². The SMILES string of the molecule is COc1cc2ccccc2cc1C(=O)Nc1ccc(C)cc1Br. The number of fused-ring (bicyclic) bond motifs is 1. The molecule has 23 heavy (non-hydrogen) atoms. The molecule has 0 aliphatic heterocycles. The highest BCUT2D eigenvalue weighted by molar-refractivity contribution is 9.10. The molecule has 3 rings (SSSR count). The van der Waals surface area contributed by atoms with Crippen LogP contribution in [0.2, 0.25) is 0 Å². The molecule has 0 aromatic heterocycles. The van der Waals surface area contributed by atoms with Crippen LogP contribution in [0.1, 0.15) is 15.9 Å². The van der Waals surface area contributed by atoms with Gasteiger partial charge in [-0.15, -0.1) is 0 Å². The number of benzene rings is 3. The van der Waals surface area contributed by atoms with Crippen molar-refractivity contribution >= 4 is 38.3 Å². The van der Waals surface area contributed by atoms with Gasteiger partial charge in [-0.05, 0) is 63.5 Å². The molecule has 4 heteroatoms. The first-order valence-corrected chi connectivity index (χ1v) is 8.02. The molecule has 1 amide bonds. The molecule has 0 unspecified atom stereocenters. The van der Waals surface area contributed by atoms with Crippen molar-refractivity contribution in [2.75, 3.05) is 12.4 Å². The molecular formula is C19H16BrNO2. The zero-order chi connectivity index (χ0) is 16.4. The number of carbonyl (C=O) groups excluding carboxylic acids is 1. The predicted molar refractivity (Wildman–Crippen MR) is 97.3 cm³/mol. The second kappa shape index (κ2) is 6.42. The Morgan fingerprint density at radius 2 is 1.74 bits per heavy atom. The molecule has 0 spiro atoms. The van der Waals surface area contributed by atoms with E-state index in [2.05, 4.69) is 21.2 Å². The first-order chi connectivity index (χ1) is 11.1. The lowest BCUT2D eigenvalue weighted by Crippen LogP contribution is -2.13. The Kier molecular flexibility index (Phi) is 4.35. The molecule has 3 aromatic carbocycles. The summed E-state index contributed by atoms with van der Waals surface area (Å²) < 4.78 is 6.24. The van der Waals surface area contributed by atoms with E-state index < -0.39 is 0 Å². The van der Waals surface area contributed by atoms with Crippen LogP contribution in [-0.2, 0) is 0 Å². The maximum Gasteiger partial charge on any atom is 0.259 e. The molecule has 0 saturated carbocycles. The number of anilines is 1. The third-order valence-corrected chi connectivity index (χ3v) is 4.34. The smallest absolute Gasteiger partial charge is 0.259 e. The lowest BCUT2D eigenvalue weighted by atomic mass is 10.1. The minimum atomic E-state index is -0.197. The summed E-state index contributed by atoms with van der Waals surface area (Å²) >= 11 is 3.48. The van der Waals surface area contributed by atoms with Crippen molar-refractivity contribution in [2.24, 2.45) is 0 Å². The highest BCUT2D eigenvalue weighted by atomic mass is 79.9. The molecule has 0 fully saturated rings. The predicted octanol–water partition coefficient (Wildman–Crippen LogP) is 5.17. The quantitative estimate of drug-likeness (QED) is 0.691. The van der Waals surface area contributed by atoms with E-state index >= 15 is 0 Å². The van der Waals surface area contributed by atoms with Gasteiger partial charge in [0, 0.05) is 4.47 Å². The maximum atomic E-state index is 12.7. The maximum absolute atomic E-state index is 12.7. The van der Waals surface area contributed by atoms with Gasteiger partial charge in [0.1, 0.15) is 5.75 Å². The number of ether oxygens (including phenoxy) is 1. The van der Waals surface area contributed by atoms with Crippen LogP contribution < -0.4 is 10.1 Å². The van der Waals surface area contributed by atoms with E-state index in [1.165, 1.54) is 0 Å². The van der Waals surface area contributed by atoms with Crippen molar-refractivity contribution < 1.29 is 9.53 Å². The summed E-state index contributed by atoms with van der Waals surface area (Å²) in [6.07, 6.45) is 0. The van der Waals surface area contributed by atoms with Gasteiger partial charge in [0.05, 0.1) is 18.4 Å². The summed E-state index contributed by atoms with van der Waals surface area (Å²) in [6, 6.07) is 17.4. The molecular weight excluding hydrogens is 354 g/mol. The molecule has 116 valence electrons. The number of hydrogen-bond donors (Lipinski definition) is 1. The Labute approximate surface area is 143 Å². The van der Waals surface area contributed by atoms with Gasteiger partial charge in [0.2, 0.25) is 0 Å². The third-order valence-electron chi connectivity index (χ3n) is 3.69. The summed E-state index contributed by atoms with van der Waals surface area (Å²) in [4.78, 5) is 12.7. The van der Waals surface area contributed by atoms with Crippen LogP contribution in [0.4, 0.5) is 5.69 Å². The molecule has 0 radical (unpaired) electrons. The monoisotopic (exact) mass is 369 g/mol. The average Bonchev–Trinajstić information content (AvgIpc) is 2.56. The highest BCUT2D eigenvalue weighted by Gasteiger charge is 2.15. The van der Waals surface area contributed by atoms with Crippen LogP contribution in [0.3, 0.4) is 0 Å². The van der Waals surface area contributed by atoms with Gasteiger partial charge in [-0.25, -0.2) is 0 Å². The molecule has 0 aliphatic carbocycles. The lowest BCUT2D eigenvalue weighted by Gasteiger charge is -2.12. The minimum absolute atomic E-state index is 0.197. The van der Waals surface area contributed by atoms with Gasteiger partial charge in [0.15, 0.2) is 0 Å². The van der Waals surface area contributed by atoms with Crippen molar-refractivity contribution in [2.45, 2.75) is 6.92 Å². The van der Waals surface area contributed by atoms with Gasteiger partial charge < -0.3 is 10.1 Å². The van der Waals surface area contributed by atoms with Gasteiger partial charge in [-0.3, -0.25) is 4.79 Å². The normalized spacial score (nSPS) is 10.6. The number of nitrogens with one attached hydrogen (secondary N) is 1. The second-order valence-corrected chi connectivity index (χ2v) is 6.19. The van der Waals surface area contributed by atoms with Crippen molar-refractivity contribution in [3.63, 3.8) is 0 Å². The molecule has 0 atom stereocenters. The van der Waals surface area contributed by atoms with E-state index in [0.717, 1.165) is 26.5 Å². The first-order valence-electron chi connectivity index (χ1n) is 7.23.